The Kier molecular flexibility index (Phi) is 6.21. The zero-order valence-corrected chi connectivity index (χ0v) is 16.0. The van der Waals surface area contributed by atoms with Gasteiger partial charge in [-0.2, -0.15) is 0 Å². The summed E-state index contributed by atoms with van der Waals surface area (Å²) in [6.07, 6.45) is 3.54. The maximum Gasteiger partial charge on any atom is 0.325 e. The number of amides is 1. The highest BCUT2D eigenvalue weighted by Gasteiger charge is 2.36. The number of carbonyl (C=O) groups is 2. The smallest absolute Gasteiger partial charge is 0.325 e. The number of hydrogen-bond donors (Lipinski definition) is 1. The molecule has 2 fully saturated rings. The van der Waals surface area contributed by atoms with E-state index in [1.54, 1.807) is 18.2 Å². The van der Waals surface area contributed by atoms with Crippen molar-refractivity contribution in [3.05, 3.63) is 23.8 Å². The SMILES string of the molecule is COc1cccc([C@H](C(=O)O)N2CCC(C(=O)N3CCCC3)CC2)c1OC. The Bertz CT molecular complexity index is 679. The number of rotatable bonds is 6. The van der Waals surface area contributed by atoms with Crippen LogP contribution in [0.15, 0.2) is 18.2 Å². The molecule has 1 aromatic carbocycles. The molecule has 7 heteroatoms. The quantitative estimate of drug-likeness (QED) is 0.820. The van der Waals surface area contributed by atoms with Gasteiger partial charge in [0.15, 0.2) is 11.5 Å². The molecule has 27 heavy (non-hydrogen) atoms. The Balaban J connectivity index is 1.74. The number of piperidine rings is 1. The summed E-state index contributed by atoms with van der Waals surface area (Å²) in [5.41, 5.74) is 0.577. The molecule has 0 unspecified atom stereocenters. The van der Waals surface area contributed by atoms with Gasteiger partial charge in [-0.3, -0.25) is 14.5 Å². The van der Waals surface area contributed by atoms with E-state index < -0.39 is 12.0 Å². The maximum atomic E-state index is 12.6. The van der Waals surface area contributed by atoms with Gasteiger partial charge >= 0.3 is 5.97 Å². The average molecular weight is 376 g/mol. The van der Waals surface area contributed by atoms with Gasteiger partial charge in [0.05, 0.1) is 14.2 Å². The van der Waals surface area contributed by atoms with Crippen molar-refractivity contribution in [2.45, 2.75) is 31.7 Å². The van der Waals surface area contributed by atoms with Crippen LogP contribution in [-0.4, -0.2) is 67.2 Å². The lowest BCUT2D eigenvalue weighted by atomic mass is 9.92. The normalized spacial score (nSPS) is 19.7. The van der Waals surface area contributed by atoms with Gasteiger partial charge in [-0.05, 0) is 31.7 Å². The number of nitrogens with zero attached hydrogens (tertiary/aromatic N) is 2. The minimum absolute atomic E-state index is 0.000926. The van der Waals surface area contributed by atoms with Gasteiger partial charge in [0.1, 0.15) is 6.04 Å². The van der Waals surface area contributed by atoms with Crippen LogP contribution < -0.4 is 9.47 Å². The molecule has 0 radical (unpaired) electrons. The summed E-state index contributed by atoms with van der Waals surface area (Å²) in [4.78, 5) is 28.6. The minimum atomic E-state index is -0.925. The third kappa shape index (κ3) is 4.03. The van der Waals surface area contributed by atoms with E-state index in [4.69, 9.17) is 9.47 Å². The monoisotopic (exact) mass is 376 g/mol. The first kappa shape index (κ1) is 19.5. The summed E-state index contributed by atoms with van der Waals surface area (Å²) in [6, 6.07) is 4.47. The lowest BCUT2D eigenvalue weighted by Gasteiger charge is -2.36. The van der Waals surface area contributed by atoms with Gasteiger partial charge < -0.3 is 19.5 Å². The summed E-state index contributed by atoms with van der Waals surface area (Å²) in [5, 5.41) is 9.90. The first-order valence-electron chi connectivity index (χ1n) is 9.53. The van der Waals surface area contributed by atoms with Crippen LogP contribution >= 0.6 is 0 Å². The van der Waals surface area contributed by atoms with Crippen LogP contribution in [0.4, 0.5) is 0 Å². The van der Waals surface area contributed by atoms with E-state index >= 15 is 0 Å². The van der Waals surface area contributed by atoms with Crippen LogP contribution in [0, 0.1) is 5.92 Å². The van der Waals surface area contributed by atoms with Crippen molar-refractivity contribution in [3.8, 4) is 11.5 Å². The summed E-state index contributed by atoms with van der Waals surface area (Å²) in [5.74, 6) is 0.271. The Morgan fingerprint density at radius 1 is 1.07 bits per heavy atom. The highest BCUT2D eigenvalue weighted by Crippen LogP contribution is 2.38. The fourth-order valence-corrected chi connectivity index (χ4v) is 4.21. The van der Waals surface area contributed by atoms with Crippen LogP contribution in [0.3, 0.4) is 0 Å². The molecule has 0 spiro atoms. The molecule has 0 saturated carbocycles. The largest absolute Gasteiger partial charge is 0.493 e. The topological polar surface area (TPSA) is 79.3 Å². The van der Waals surface area contributed by atoms with E-state index in [1.807, 2.05) is 9.80 Å². The van der Waals surface area contributed by atoms with Gasteiger partial charge in [-0.25, -0.2) is 0 Å². The van der Waals surface area contributed by atoms with Gasteiger partial charge in [-0.15, -0.1) is 0 Å². The highest BCUT2D eigenvalue weighted by molar-refractivity contribution is 5.80. The molecule has 2 aliphatic heterocycles. The number of carbonyl (C=O) groups excluding carboxylic acids is 1. The van der Waals surface area contributed by atoms with E-state index in [0.29, 0.717) is 43.0 Å². The molecule has 1 atom stereocenters. The highest BCUT2D eigenvalue weighted by atomic mass is 16.5. The van der Waals surface area contributed by atoms with E-state index in [1.165, 1.54) is 14.2 Å². The Labute approximate surface area is 159 Å². The molecule has 1 aromatic rings. The van der Waals surface area contributed by atoms with Crippen molar-refractivity contribution in [2.24, 2.45) is 5.92 Å². The predicted molar refractivity (Wildman–Crippen MR) is 100 cm³/mol. The summed E-state index contributed by atoms with van der Waals surface area (Å²) < 4.78 is 10.8. The second-order valence-corrected chi connectivity index (χ2v) is 7.17. The number of para-hydroxylation sites is 1. The van der Waals surface area contributed by atoms with Crippen LogP contribution in [-0.2, 0) is 9.59 Å². The number of hydrogen-bond acceptors (Lipinski definition) is 5. The number of ether oxygens (including phenoxy) is 2. The number of carboxylic acid groups (broad SMARTS) is 1. The molecule has 2 heterocycles. The molecule has 1 amide bonds. The third-order valence-electron chi connectivity index (χ3n) is 5.62. The van der Waals surface area contributed by atoms with Crippen LogP contribution in [0.25, 0.3) is 0 Å². The molecule has 0 aliphatic carbocycles. The number of carboxylic acids is 1. The zero-order valence-electron chi connectivity index (χ0n) is 16.0. The fraction of sp³-hybridized carbons (Fsp3) is 0.600. The molecule has 7 nitrogen and oxygen atoms in total. The van der Waals surface area contributed by atoms with E-state index in [2.05, 4.69) is 0 Å². The van der Waals surface area contributed by atoms with Crippen molar-refractivity contribution in [1.29, 1.82) is 0 Å². The van der Waals surface area contributed by atoms with Gasteiger partial charge in [0.25, 0.3) is 0 Å². The standard InChI is InChI=1S/C20H28N2O5/c1-26-16-7-5-6-15(18(16)27-2)17(20(24)25)21-12-8-14(9-13-21)19(23)22-10-3-4-11-22/h5-7,14,17H,3-4,8-13H2,1-2H3,(H,24,25)/t17-/m1/s1. The van der Waals surface area contributed by atoms with E-state index in [-0.39, 0.29) is 11.8 Å². The molecule has 0 aromatic heterocycles. The number of likely N-dealkylation sites (tertiary alicyclic amines) is 2. The molecule has 0 bridgehead atoms. The zero-order chi connectivity index (χ0) is 19.4. The minimum Gasteiger partial charge on any atom is -0.493 e. The van der Waals surface area contributed by atoms with Gasteiger partial charge in [-0.1, -0.05) is 12.1 Å². The summed E-state index contributed by atoms with van der Waals surface area (Å²) in [7, 11) is 3.05. The molecule has 2 saturated heterocycles. The summed E-state index contributed by atoms with van der Waals surface area (Å²) in [6.45, 7) is 2.86. The van der Waals surface area contributed by atoms with Crippen LogP contribution in [0.1, 0.15) is 37.3 Å². The van der Waals surface area contributed by atoms with E-state index in [0.717, 1.165) is 25.9 Å². The third-order valence-corrected chi connectivity index (χ3v) is 5.62. The first-order valence-corrected chi connectivity index (χ1v) is 9.53. The number of aliphatic carboxylic acids is 1. The predicted octanol–water partition coefficient (Wildman–Crippen LogP) is 2.16. The lowest BCUT2D eigenvalue weighted by Crippen LogP contribution is -2.44. The lowest BCUT2D eigenvalue weighted by molar-refractivity contribution is -0.145. The van der Waals surface area contributed by atoms with Crippen LogP contribution in [0.5, 0.6) is 11.5 Å². The Morgan fingerprint density at radius 2 is 1.74 bits per heavy atom. The van der Waals surface area contributed by atoms with Crippen molar-refractivity contribution < 1.29 is 24.2 Å². The second kappa shape index (κ2) is 8.61. The van der Waals surface area contributed by atoms with Crippen molar-refractivity contribution in [3.63, 3.8) is 0 Å². The molecular weight excluding hydrogens is 348 g/mol. The average Bonchev–Trinajstić information content (AvgIpc) is 3.22. The van der Waals surface area contributed by atoms with Crippen molar-refractivity contribution in [1.82, 2.24) is 9.80 Å². The first-order chi connectivity index (χ1) is 13.1. The molecule has 1 N–H and O–H groups in total. The van der Waals surface area contributed by atoms with Gasteiger partial charge in [0, 0.05) is 37.7 Å². The Hall–Kier alpha value is -2.28. The molecule has 2 aliphatic rings. The van der Waals surface area contributed by atoms with Gasteiger partial charge in [0.2, 0.25) is 5.91 Å². The summed E-state index contributed by atoms with van der Waals surface area (Å²) >= 11 is 0. The number of benzene rings is 1. The molecular formula is C20H28N2O5. The van der Waals surface area contributed by atoms with E-state index in [9.17, 15) is 14.7 Å². The van der Waals surface area contributed by atoms with Crippen molar-refractivity contribution >= 4 is 11.9 Å². The molecule has 3 rings (SSSR count). The second-order valence-electron chi connectivity index (χ2n) is 7.17. The maximum absolute atomic E-state index is 12.6. The molecule has 148 valence electrons. The number of methoxy groups -OCH3 is 2. The van der Waals surface area contributed by atoms with Crippen LogP contribution in [0.2, 0.25) is 0 Å². The fourth-order valence-electron chi connectivity index (χ4n) is 4.21. The Morgan fingerprint density at radius 3 is 2.30 bits per heavy atom. The van der Waals surface area contributed by atoms with Crippen molar-refractivity contribution in [2.75, 3.05) is 40.4 Å².